The van der Waals surface area contributed by atoms with Crippen LogP contribution in [0.25, 0.3) is 0 Å². The third kappa shape index (κ3) is 3.09. The Morgan fingerprint density at radius 2 is 2.17 bits per heavy atom. The van der Waals surface area contributed by atoms with E-state index in [1.165, 1.54) is 10.7 Å². The van der Waals surface area contributed by atoms with Crippen LogP contribution >= 0.6 is 11.3 Å². The van der Waals surface area contributed by atoms with Crippen molar-refractivity contribution in [1.29, 1.82) is 0 Å². The Bertz CT molecular complexity index is 371. The van der Waals surface area contributed by atoms with Crippen LogP contribution in [0.4, 0.5) is 0 Å². The molecule has 0 aliphatic carbocycles. The molecule has 3 rings (SSSR count). The SMILES string of the molecule is c1sc(C2CCOCC2)nc1CC1COCCN1. The van der Waals surface area contributed by atoms with Crippen LogP contribution in [0, 0.1) is 0 Å². The Morgan fingerprint density at radius 3 is 2.94 bits per heavy atom. The van der Waals surface area contributed by atoms with Crippen LogP contribution in [0.5, 0.6) is 0 Å². The van der Waals surface area contributed by atoms with Gasteiger partial charge < -0.3 is 14.8 Å². The van der Waals surface area contributed by atoms with Crippen molar-refractivity contribution in [2.75, 3.05) is 33.0 Å². The number of ether oxygens (including phenoxy) is 2. The monoisotopic (exact) mass is 268 g/mol. The molecule has 100 valence electrons. The van der Waals surface area contributed by atoms with E-state index in [1.54, 1.807) is 0 Å². The Kier molecular flexibility index (Phi) is 4.25. The molecular weight excluding hydrogens is 248 g/mol. The highest BCUT2D eigenvalue weighted by atomic mass is 32.1. The largest absolute Gasteiger partial charge is 0.381 e. The average Bonchev–Trinajstić information content (AvgIpc) is 2.89. The van der Waals surface area contributed by atoms with Crippen LogP contribution in [-0.4, -0.2) is 44.0 Å². The molecule has 1 N–H and O–H groups in total. The normalized spacial score (nSPS) is 26.3. The smallest absolute Gasteiger partial charge is 0.0960 e. The van der Waals surface area contributed by atoms with Gasteiger partial charge in [0.25, 0.3) is 0 Å². The van der Waals surface area contributed by atoms with Gasteiger partial charge in [0.05, 0.1) is 23.9 Å². The molecule has 3 heterocycles. The molecule has 0 aromatic carbocycles. The van der Waals surface area contributed by atoms with E-state index in [0.717, 1.165) is 52.2 Å². The number of thiazole rings is 1. The molecule has 4 nitrogen and oxygen atoms in total. The fraction of sp³-hybridized carbons (Fsp3) is 0.769. The van der Waals surface area contributed by atoms with E-state index in [-0.39, 0.29) is 0 Å². The quantitative estimate of drug-likeness (QED) is 0.903. The minimum atomic E-state index is 0.434. The van der Waals surface area contributed by atoms with Crippen molar-refractivity contribution in [3.63, 3.8) is 0 Å². The van der Waals surface area contributed by atoms with Crippen molar-refractivity contribution >= 4 is 11.3 Å². The molecule has 2 saturated heterocycles. The van der Waals surface area contributed by atoms with Gasteiger partial charge >= 0.3 is 0 Å². The van der Waals surface area contributed by atoms with Crippen molar-refractivity contribution in [2.24, 2.45) is 0 Å². The van der Waals surface area contributed by atoms with Crippen LogP contribution in [0.15, 0.2) is 5.38 Å². The van der Waals surface area contributed by atoms with Gasteiger partial charge in [-0.05, 0) is 12.8 Å². The maximum Gasteiger partial charge on any atom is 0.0960 e. The Hall–Kier alpha value is -0.490. The lowest BCUT2D eigenvalue weighted by molar-refractivity contribution is 0.0766. The second-order valence-corrected chi connectivity index (χ2v) is 5.88. The first kappa shape index (κ1) is 12.5. The fourth-order valence-corrected chi connectivity index (χ4v) is 3.56. The lowest BCUT2D eigenvalue weighted by atomic mass is 10.0. The summed E-state index contributed by atoms with van der Waals surface area (Å²) in [6, 6.07) is 0.434. The number of nitrogens with one attached hydrogen (secondary N) is 1. The third-order valence-corrected chi connectivity index (χ3v) is 4.65. The van der Waals surface area contributed by atoms with Gasteiger partial charge in [-0.3, -0.25) is 0 Å². The summed E-state index contributed by atoms with van der Waals surface area (Å²) in [6.07, 6.45) is 3.23. The van der Waals surface area contributed by atoms with Crippen molar-refractivity contribution in [1.82, 2.24) is 10.3 Å². The van der Waals surface area contributed by atoms with Crippen molar-refractivity contribution in [3.8, 4) is 0 Å². The van der Waals surface area contributed by atoms with Gasteiger partial charge in [-0.15, -0.1) is 11.3 Å². The highest BCUT2D eigenvalue weighted by molar-refractivity contribution is 7.09. The highest BCUT2D eigenvalue weighted by Crippen LogP contribution is 2.29. The zero-order valence-electron chi connectivity index (χ0n) is 10.6. The molecule has 5 heteroatoms. The summed E-state index contributed by atoms with van der Waals surface area (Å²) in [5.74, 6) is 0.619. The summed E-state index contributed by atoms with van der Waals surface area (Å²) < 4.78 is 10.9. The third-order valence-electron chi connectivity index (χ3n) is 3.59. The fourth-order valence-electron chi connectivity index (χ4n) is 2.55. The van der Waals surface area contributed by atoms with Gasteiger partial charge in [-0.2, -0.15) is 0 Å². The zero-order valence-corrected chi connectivity index (χ0v) is 11.4. The van der Waals surface area contributed by atoms with E-state index in [2.05, 4.69) is 10.7 Å². The maximum absolute atomic E-state index is 5.47. The molecule has 0 saturated carbocycles. The number of morpholine rings is 1. The lowest BCUT2D eigenvalue weighted by Crippen LogP contribution is -2.42. The molecule has 1 atom stereocenters. The molecule has 0 spiro atoms. The second-order valence-electron chi connectivity index (χ2n) is 4.99. The van der Waals surface area contributed by atoms with Crippen molar-refractivity contribution < 1.29 is 9.47 Å². The minimum absolute atomic E-state index is 0.434. The summed E-state index contributed by atoms with van der Waals surface area (Å²) in [6.45, 7) is 4.38. The summed E-state index contributed by atoms with van der Waals surface area (Å²) in [5.41, 5.74) is 1.21. The number of hydrogen-bond acceptors (Lipinski definition) is 5. The van der Waals surface area contributed by atoms with Gasteiger partial charge in [-0.1, -0.05) is 0 Å². The standard InChI is InChI=1S/C13H20N2O2S/c1-4-16-5-2-10(1)13-15-12(9-18-13)7-11-8-17-6-3-14-11/h9-11,14H,1-8H2. The summed E-state index contributed by atoms with van der Waals surface area (Å²) in [5, 5.41) is 6.98. The number of hydrogen-bond donors (Lipinski definition) is 1. The molecule has 2 fully saturated rings. The molecule has 0 radical (unpaired) electrons. The Balaban J connectivity index is 1.58. The highest BCUT2D eigenvalue weighted by Gasteiger charge is 2.20. The lowest BCUT2D eigenvalue weighted by Gasteiger charge is -2.23. The van der Waals surface area contributed by atoms with E-state index < -0.39 is 0 Å². The van der Waals surface area contributed by atoms with Gasteiger partial charge in [0, 0.05) is 43.5 Å². The van der Waals surface area contributed by atoms with E-state index in [4.69, 9.17) is 14.5 Å². The van der Waals surface area contributed by atoms with Gasteiger partial charge in [0.15, 0.2) is 0 Å². The van der Waals surface area contributed by atoms with Crippen molar-refractivity contribution in [3.05, 3.63) is 16.1 Å². The van der Waals surface area contributed by atoms with Crippen LogP contribution in [0.2, 0.25) is 0 Å². The second kappa shape index (κ2) is 6.10. The van der Waals surface area contributed by atoms with Crippen LogP contribution in [0.3, 0.4) is 0 Å². The van der Waals surface area contributed by atoms with Gasteiger partial charge in [0.2, 0.25) is 0 Å². The molecule has 1 aromatic heterocycles. The molecule has 2 aliphatic rings. The summed E-state index contributed by atoms with van der Waals surface area (Å²) >= 11 is 1.81. The summed E-state index contributed by atoms with van der Waals surface area (Å²) in [4.78, 5) is 4.80. The molecular formula is C13H20N2O2S. The Morgan fingerprint density at radius 1 is 1.28 bits per heavy atom. The van der Waals surface area contributed by atoms with Crippen LogP contribution in [0.1, 0.15) is 29.5 Å². The molecule has 18 heavy (non-hydrogen) atoms. The van der Waals surface area contributed by atoms with Crippen LogP contribution in [-0.2, 0) is 15.9 Å². The van der Waals surface area contributed by atoms with Gasteiger partial charge in [-0.25, -0.2) is 4.98 Å². The van der Waals surface area contributed by atoms with Crippen molar-refractivity contribution in [2.45, 2.75) is 31.2 Å². The predicted molar refractivity (Wildman–Crippen MR) is 71.2 cm³/mol. The van der Waals surface area contributed by atoms with E-state index in [0.29, 0.717) is 12.0 Å². The number of aromatic nitrogens is 1. The summed E-state index contributed by atoms with van der Waals surface area (Å²) in [7, 11) is 0. The molecule has 2 aliphatic heterocycles. The van der Waals surface area contributed by atoms with E-state index >= 15 is 0 Å². The first-order chi connectivity index (χ1) is 8.92. The first-order valence-electron chi connectivity index (χ1n) is 6.75. The maximum atomic E-state index is 5.47. The Labute approximate surface area is 112 Å². The molecule has 0 bridgehead atoms. The van der Waals surface area contributed by atoms with Crippen LogP contribution < -0.4 is 5.32 Å². The zero-order chi connectivity index (χ0) is 12.2. The van der Waals surface area contributed by atoms with E-state index in [1.807, 2.05) is 11.3 Å². The number of nitrogens with zero attached hydrogens (tertiary/aromatic N) is 1. The predicted octanol–water partition coefficient (Wildman–Crippen LogP) is 1.57. The van der Waals surface area contributed by atoms with E-state index in [9.17, 15) is 0 Å². The average molecular weight is 268 g/mol. The molecule has 1 aromatic rings. The molecule has 1 unspecified atom stereocenters. The van der Waals surface area contributed by atoms with Gasteiger partial charge in [0.1, 0.15) is 0 Å². The minimum Gasteiger partial charge on any atom is -0.381 e. The topological polar surface area (TPSA) is 43.4 Å². The molecule has 0 amide bonds. The first-order valence-corrected chi connectivity index (χ1v) is 7.63. The number of rotatable bonds is 3.